The predicted octanol–water partition coefficient (Wildman–Crippen LogP) is 13.0. The second-order valence-electron chi connectivity index (χ2n) is 20.3. The Morgan fingerprint density at radius 2 is 0.804 bits per heavy atom. The summed E-state index contributed by atoms with van der Waals surface area (Å²) in [7, 11) is 0. The van der Waals surface area contributed by atoms with Crippen LogP contribution < -0.4 is 0 Å². The molecule has 0 spiro atoms. The lowest BCUT2D eigenvalue weighted by molar-refractivity contribution is -0.169. The van der Waals surface area contributed by atoms with Crippen LogP contribution >= 0.6 is 0 Å². The van der Waals surface area contributed by atoms with Gasteiger partial charge in [0.2, 0.25) is 0 Å². The first kappa shape index (κ1) is 31.1. The van der Waals surface area contributed by atoms with Crippen LogP contribution in [0.4, 0.5) is 0 Å². The van der Waals surface area contributed by atoms with Gasteiger partial charge < -0.3 is 0 Å². The van der Waals surface area contributed by atoms with Crippen LogP contribution in [0.3, 0.4) is 0 Å². The highest BCUT2D eigenvalue weighted by Crippen LogP contribution is 2.77. The quantitative estimate of drug-likeness (QED) is 0.259. The van der Waals surface area contributed by atoms with Gasteiger partial charge in [-0.25, -0.2) is 0 Å². The molecule has 0 amide bonds. The molecule has 266 valence electrons. The van der Waals surface area contributed by atoms with E-state index < -0.39 is 0 Å². The van der Waals surface area contributed by atoms with E-state index in [1.165, 1.54) is 31.2 Å². The van der Waals surface area contributed by atoms with E-state index in [1.807, 2.05) is 0 Å². The molecular formula is C51H62. The van der Waals surface area contributed by atoms with Gasteiger partial charge in [-0.3, -0.25) is 0 Å². The largest absolute Gasteiger partial charge is 0.0622 e. The normalized spacial score (nSPS) is 48.6. The highest BCUT2D eigenvalue weighted by atomic mass is 14.7. The smallest absolute Gasteiger partial charge is 0.00905 e. The number of hydrogen-bond acceptors (Lipinski definition) is 0. The highest BCUT2D eigenvalue weighted by molar-refractivity contribution is 5.68. The van der Waals surface area contributed by atoms with Gasteiger partial charge in [0.05, 0.1) is 0 Å². The molecule has 0 saturated heterocycles. The van der Waals surface area contributed by atoms with E-state index in [9.17, 15) is 0 Å². The van der Waals surface area contributed by atoms with Gasteiger partial charge in [-0.15, -0.1) is 0 Å². The molecule has 0 aromatic heterocycles. The van der Waals surface area contributed by atoms with Crippen molar-refractivity contribution in [3.8, 4) is 11.1 Å². The first-order valence-corrected chi connectivity index (χ1v) is 22.5. The van der Waals surface area contributed by atoms with Gasteiger partial charge in [-0.2, -0.15) is 0 Å². The fourth-order valence-electron chi connectivity index (χ4n) is 18.5. The first-order chi connectivity index (χ1) is 25.3. The molecule has 0 aliphatic heterocycles. The average Bonchev–Trinajstić information content (AvgIpc) is 3.77. The molecule has 0 heteroatoms. The molecular weight excluding hydrogens is 613 g/mol. The summed E-state index contributed by atoms with van der Waals surface area (Å²) in [5, 5.41) is 0. The molecule has 0 nitrogen and oxygen atoms in total. The topological polar surface area (TPSA) is 0 Å². The lowest BCUT2D eigenvalue weighted by Gasteiger charge is -2.65. The first-order valence-electron chi connectivity index (χ1n) is 22.5. The molecule has 9 aliphatic rings. The summed E-state index contributed by atoms with van der Waals surface area (Å²) in [5.74, 6) is 17.6. The van der Waals surface area contributed by atoms with Gasteiger partial charge in [-0.1, -0.05) is 91.7 Å². The van der Waals surface area contributed by atoms with E-state index in [0.29, 0.717) is 0 Å². The van der Waals surface area contributed by atoms with Crippen molar-refractivity contribution < 1.29 is 0 Å². The standard InChI is InChI=1S/C51H62/c1-29-11-5-6-14-33(29)45-36-17-9-10-18-37(36)48(35-16-8-7-15-34(35)30-12-3-2-4-13-30)51-43-28-26-41-39-24-22-32-20-19-31-21-23-38(46(39)44(31)32)40-25-27-42(50(45)51)49(43)47(40)41/h2-8,11-16,31-32,36-51H,9-10,17-28H2,1H3. The van der Waals surface area contributed by atoms with Gasteiger partial charge >= 0.3 is 0 Å². The summed E-state index contributed by atoms with van der Waals surface area (Å²) < 4.78 is 0. The molecule has 18 unspecified atom stereocenters. The lowest BCUT2D eigenvalue weighted by atomic mass is 9.40. The molecule has 9 aliphatic carbocycles. The zero-order chi connectivity index (χ0) is 33.4. The second kappa shape index (κ2) is 11.8. The van der Waals surface area contributed by atoms with Crippen LogP contribution in [-0.2, 0) is 0 Å². The van der Waals surface area contributed by atoms with Crippen molar-refractivity contribution in [3.05, 3.63) is 95.6 Å². The van der Waals surface area contributed by atoms with Crippen molar-refractivity contribution in [1.29, 1.82) is 0 Å². The number of hydrogen-bond donors (Lipinski definition) is 0. The molecule has 0 N–H and O–H groups in total. The maximum atomic E-state index is 2.64. The van der Waals surface area contributed by atoms with Crippen LogP contribution in [0.5, 0.6) is 0 Å². The fraction of sp³-hybridized carbons (Fsp3) is 0.647. The predicted molar refractivity (Wildman–Crippen MR) is 209 cm³/mol. The van der Waals surface area contributed by atoms with Crippen molar-refractivity contribution in [2.75, 3.05) is 0 Å². The molecule has 9 saturated carbocycles. The third-order valence-corrected chi connectivity index (χ3v) is 19.4. The zero-order valence-corrected chi connectivity index (χ0v) is 31.3. The molecule has 12 rings (SSSR count). The van der Waals surface area contributed by atoms with Crippen molar-refractivity contribution in [1.82, 2.24) is 0 Å². The number of rotatable bonds is 3. The minimum absolute atomic E-state index is 0.725. The molecule has 0 radical (unpaired) electrons. The monoisotopic (exact) mass is 674 g/mol. The summed E-state index contributed by atoms with van der Waals surface area (Å²) in [6, 6.07) is 31.4. The van der Waals surface area contributed by atoms with E-state index in [1.54, 1.807) is 86.5 Å². The van der Waals surface area contributed by atoms with E-state index in [2.05, 4.69) is 85.8 Å². The SMILES string of the molecule is Cc1ccccc1C1C2CCCCC2C(c2ccccc2-c2ccccc2)C2C3CCC4C5CCC6CCC7CCC(C8CCC(C3C84)C12)C5C76. The van der Waals surface area contributed by atoms with Crippen LogP contribution in [0.25, 0.3) is 11.1 Å². The summed E-state index contributed by atoms with van der Waals surface area (Å²) >= 11 is 0. The molecule has 9 fully saturated rings. The third-order valence-electron chi connectivity index (χ3n) is 19.4. The summed E-state index contributed by atoms with van der Waals surface area (Å²) in [4.78, 5) is 0. The van der Waals surface area contributed by atoms with Gasteiger partial charge in [0, 0.05) is 0 Å². The molecule has 3 aromatic carbocycles. The minimum atomic E-state index is 0.725. The zero-order valence-electron chi connectivity index (χ0n) is 31.3. The summed E-state index contributed by atoms with van der Waals surface area (Å²) in [6.45, 7) is 2.48. The molecule has 0 heterocycles. The number of benzene rings is 3. The molecule has 0 bridgehead atoms. The van der Waals surface area contributed by atoms with Crippen molar-refractivity contribution in [2.45, 2.75) is 109 Å². The molecule has 18 atom stereocenters. The van der Waals surface area contributed by atoms with Gasteiger partial charge in [0.15, 0.2) is 0 Å². The second-order valence-corrected chi connectivity index (χ2v) is 20.3. The molecule has 51 heavy (non-hydrogen) atoms. The van der Waals surface area contributed by atoms with E-state index >= 15 is 0 Å². The van der Waals surface area contributed by atoms with E-state index in [-0.39, 0.29) is 0 Å². The Kier molecular flexibility index (Phi) is 7.20. The van der Waals surface area contributed by atoms with Gasteiger partial charge in [-0.05, 0) is 218 Å². The van der Waals surface area contributed by atoms with Crippen LogP contribution in [0.1, 0.15) is 118 Å². The fourth-order valence-corrected chi connectivity index (χ4v) is 18.5. The van der Waals surface area contributed by atoms with Crippen LogP contribution in [0.2, 0.25) is 0 Å². The Labute approximate surface area is 309 Å². The van der Waals surface area contributed by atoms with Crippen LogP contribution in [-0.4, -0.2) is 0 Å². The summed E-state index contributed by atoms with van der Waals surface area (Å²) in [5.41, 5.74) is 8.14. The van der Waals surface area contributed by atoms with Gasteiger partial charge in [0.25, 0.3) is 0 Å². The van der Waals surface area contributed by atoms with Crippen molar-refractivity contribution >= 4 is 0 Å². The average molecular weight is 675 g/mol. The Morgan fingerprint density at radius 3 is 1.43 bits per heavy atom. The Morgan fingerprint density at radius 1 is 0.353 bits per heavy atom. The van der Waals surface area contributed by atoms with Crippen molar-refractivity contribution in [3.63, 3.8) is 0 Å². The Hall–Kier alpha value is -2.34. The lowest BCUT2D eigenvalue weighted by Crippen LogP contribution is -2.59. The Balaban J connectivity index is 1.02. The van der Waals surface area contributed by atoms with Crippen LogP contribution in [0.15, 0.2) is 78.9 Å². The van der Waals surface area contributed by atoms with Crippen LogP contribution in [0, 0.1) is 102 Å². The summed E-state index contributed by atoms with van der Waals surface area (Å²) in [6.07, 6.45) is 21.7. The maximum Gasteiger partial charge on any atom is -0.00905 e. The van der Waals surface area contributed by atoms with Gasteiger partial charge in [0.1, 0.15) is 0 Å². The maximum absolute atomic E-state index is 2.64. The van der Waals surface area contributed by atoms with E-state index in [0.717, 1.165) is 107 Å². The minimum Gasteiger partial charge on any atom is -0.0622 e. The highest BCUT2D eigenvalue weighted by Gasteiger charge is 2.70. The third kappa shape index (κ3) is 4.32. The van der Waals surface area contributed by atoms with E-state index in [4.69, 9.17) is 0 Å². The number of fused-ring (bicyclic) bond motifs is 6. The Bertz CT molecular complexity index is 1740. The molecule has 3 aromatic rings. The van der Waals surface area contributed by atoms with Crippen molar-refractivity contribution in [2.24, 2.45) is 94.7 Å². The number of aryl methyl sites for hydroxylation is 1.